The van der Waals surface area contributed by atoms with E-state index >= 15 is 0 Å². The molecule has 1 aromatic heterocycles. The molecular weight excluding hydrogens is 387 g/mol. The minimum atomic E-state index is -0.298. The number of rotatable bonds is 6. The molecule has 0 bridgehead atoms. The highest BCUT2D eigenvalue weighted by atomic mass is 35.5. The van der Waals surface area contributed by atoms with E-state index in [0.29, 0.717) is 28.0 Å². The maximum absolute atomic E-state index is 12.0. The zero-order valence-corrected chi connectivity index (χ0v) is 15.7. The van der Waals surface area contributed by atoms with Crippen molar-refractivity contribution in [2.75, 3.05) is 11.9 Å². The number of carbonyl (C=O) groups is 1. The van der Waals surface area contributed by atoms with Crippen LogP contribution in [-0.4, -0.2) is 17.1 Å². The van der Waals surface area contributed by atoms with Crippen LogP contribution in [0.25, 0.3) is 0 Å². The van der Waals surface area contributed by atoms with Gasteiger partial charge in [-0.1, -0.05) is 41.4 Å². The normalized spacial score (nSPS) is 10.4. The number of halogens is 2. The van der Waals surface area contributed by atoms with Crippen molar-refractivity contribution in [2.24, 2.45) is 0 Å². The topological polar surface area (TPSA) is 60.3 Å². The molecule has 0 saturated carbocycles. The summed E-state index contributed by atoms with van der Waals surface area (Å²) in [4.78, 5) is 23.8. The summed E-state index contributed by atoms with van der Waals surface area (Å²) in [5.74, 6) is 0.163. The third kappa shape index (κ3) is 5.36. The molecule has 27 heavy (non-hydrogen) atoms. The molecular formula is C20H16Cl2N2O3. The average Bonchev–Trinajstić information content (AvgIpc) is 2.66. The summed E-state index contributed by atoms with van der Waals surface area (Å²) >= 11 is 11.7. The number of hydrogen-bond donors (Lipinski definition) is 1. The Morgan fingerprint density at radius 3 is 2.48 bits per heavy atom. The zero-order chi connectivity index (χ0) is 19.2. The Kier molecular flexibility index (Phi) is 6.16. The number of ether oxygens (including phenoxy) is 1. The van der Waals surface area contributed by atoms with Crippen LogP contribution in [0.4, 0.5) is 5.69 Å². The second-order valence-electron chi connectivity index (χ2n) is 5.78. The molecule has 1 N–H and O–H groups in total. The lowest BCUT2D eigenvalue weighted by atomic mass is 10.2. The maximum Gasteiger partial charge on any atom is 0.262 e. The van der Waals surface area contributed by atoms with Crippen LogP contribution in [0.2, 0.25) is 10.0 Å². The average molecular weight is 403 g/mol. The molecule has 0 aliphatic carbocycles. The Morgan fingerprint density at radius 2 is 1.78 bits per heavy atom. The second kappa shape index (κ2) is 8.75. The van der Waals surface area contributed by atoms with Crippen LogP contribution < -0.4 is 15.6 Å². The van der Waals surface area contributed by atoms with Crippen LogP contribution in [0.3, 0.4) is 0 Å². The molecule has 2 aromatic carbocycles. The van der Waals surface area contributed by atoms with Crippen molar-refractivity contribution < 1.29 is 9.53 Å². The first kappa shape index (κ1) is 19.0. The molecule has 1 amide bonds. The number of anilines is 1. The van der Waals surface area contributed by atoms with Crippen LogP contribution >= 0.6 is 23.2 Å². The Hall–Kier alpha value is -2.76. The molecule has 0 aliphatic rings. The lowest BCUT2D eigenvalue weighted by Crippen LogP contribution is -2.20. The van der Waals surface area contributed by atoms with Crippen LogP contribution in [-0.2, 0) is 11.3 Å². The fourth-order valence-corrected chi connectivity index (χ4v) is 2.68. The predicted octanol–water partition coefficient (Wildman–Crippen LogP) is 4.22. The molecule has 7 heteroatoms. The fraction of sp³-hybridized carbons (Fsp3) is 0.100. The van der Waals surface area contributed by atoms with Gasteiger partial charge >= 0.3 is 0 Å². The van der Waals surface area contributed by atoms with Crippen molar-refractivity contribution in [3.05, 3.63) is 92.8 Å². The SMILES string of the molecule is O=C(COc1ccc(Cl)c(Cl)c1)Nc1ccc(Cn2ccccc2=O)cc1. The van der Waals surface area contributed by atoms with Crippen molar-refractivity contribution in [2.45, 2.75) is 6.54 Å². The van der Waals surface area contributed by atoms with Gasteiger partial charge in [-0.05, 0) is 35.9 Å². The van der Waals surface area contributed by atoms with Gasteiger partial charge in [-0.25, -0.2) is 0 Å². The molecule has 1 heterocycles. The van der Waals surface area contributed by atoms with Crippen molar-refractivity contribution in [3.8, 4) is 5.75 Å². The molecule has 5 nitrogen and oxygen atoms in total. The Bertz CT molecular complexity index is 1000. The maximum atomic E-state index is 12.0. The summed E-state index contributed by atoms with van der Waals surface area (Å²) in [6.45, 7) is 0.313. The van der Waals surface area contributed by atoms with Gasteiger partial charge in [0.2, 0.25) is 0 Å². The van der Waals surface area contributed by atoms with Gasteiger partial charge in [-0.3, -0.25) is 9.59 Å². The van der Waals surface area contributed by atoms with E-state index in [0.717, 1.165) is 5.56 Å². The lowest BCUT2D eigenvalue weighted by Gasteiger charge is -2.09. The van der Waals surface area contributed by atoms with E-state index in [2.05, 4.69) is 5.32 Å². The van der Waals surface area contributed by atoms with Gasteiger partial charge in [0.25, 0.3) is 11.5 Å². The predicted molar refractivity (Wildman–Crippen MR) is 107 cm³/mol. The third-order valence-corrected chi connectivity index (χ3v) is 4.49. The number of nitrogens with zero attached hydrogens (tertiary/aromatic N) is 1. The lowest BCUT2D eigenvalue weighted by molar-refractivity contribution is -0.118. The quantitative estimate of drug-likeness (QED) is 0.671. The number of nitrogens with one attached hydrogen (secondary N) is 1. The zero-order valence-electron chi connectivity index (χ0n) is 14.2. The summed E-state index contributed by atoms with van der Waals surface area (Å²) in [7, 11) is 0. The fourth-order valence-electron chi connectivity index (χ4n) is 2.39. The highest BCUT2D eigenvalue weighted by Crippen LogP contribution is 2.26. The minimum absolute atomic E-state index is 0.0608. The monoisotopic (exact) mass is 402 g/mol. The van der Waals surface area contributed by atoms with Gasteiger partial charge in [0.1, 0.15) is 5.75 Å². The van der Waals surface area contributed by atoms with Crippen molar-refractivity contribution in [1.29, 1.82) is 0 Å². The van der Waals surface area contributed by atoms with E-state index in [1.165, 1.54) is 6.07 Å². The number of carbonyl (C=O) groups excluding carboxylic acids is 1. The minimum Gasteiger partial charge on any atom is -0.484 e. The molecule has 0 aliphatic heterocycles. The van der Waals surface area contributed by atoms with E-state index in [1.807, 2.05) is 18.2 Å². The van der Waals surface area contributed by atoms with Crippen LogP contribution in [0.5, 0.6) is 5.75 Å². The van der Waals surface area contributed by atoms with Crippen LogP contribution in [0.15, 0.2) is 71.7 Å². The largest absolute Gasteiger partial charge is 0.484 e. The molecule has 3 rings (SSSR count). The van der Waals surface area contributed by atoms with Crippen LogP contribution in [0.1, 0.15) is 5.56 Å². The molecule has 0 fully saturated rings. The number of benzene rings is 2. The van der Waals surface area contributed by atoms with Crippen molar-refractivity contribution in [1.82, 2.24) is 4.57 Å². The molecule has 0 saturated heterocycles. The van der Waals surface area contributed by atoms with E-state index in [9.17, 15) is 9.59 Å². The number of pyridine rings is 1. The van der Waals surface area contributed by atoms with Gasteiger partial charge < -0.3 is 14.6 Å². The Labute approximate surface area is 166 Å². The van der Waals surface area contributed by atoms with Gasteiger partial charge in [0.15, 0.2) is 6.61 Å². The highest BCUT2D eigenvalue weighted by Gasteiger charge is 2.06. The summed E-state index contributed by atoms with van der Waals surface area (Å²) < 4.78 is 7.01. The standard InChI is InChI=1S/C20H16Cl2N2O3/c21-17-9-8-16(11-18(17)22)27-13-19(25)23-15-6-4-14(5-7-15)12-24-10-2-1-3-20(24)26/h1-11H,12-13H2,(H,23,25). The van der Waals surface area contributed by atoms with E-state index in [1.54, 1.807) is 47.2 Å². The smallest absolute Gasteiger partial charge is 0.262 e. The molecule has 0 atom stereocenters. The summed E-state index contributed by atoms with van der Waals surface area (Å²) in [6.07, 6.45) is 1.73. The van der Waals surface area contributed by atoms with E-state index < -0.39 is 0 Å². The van der Waals surface area contributed by atoms with Gasteiger partial charge in [-0.15, -0.1) is 0 Å². The summed E-state index contributed by atoms with van der Waals surface area (Å²) in [5.41, 5.74) is 1.53. The first-order chi connectivity index (χ1) is 13.0. The first-order valence-corrected chi connectivity index (χ1v) is 8.89. The summed E-state index contributed by atoms with van der Waals surface area (Å²) in [5, 5.41) is 3.54. The third-order valence-electron chi connectivity index (χ3n) is 3.75. The molecule has 138 valence electrons. The molecule has 0 spiro atoms. The van der Waals surface area contributed by atoms with Crippen molar-refractivity contribution in [3.63, 3.8) is 0 Å². The number of aromatic nitrogens is 1. The highest BCUT2D eigenvalue weighted by molar-refractivity contribution is 6.42. The molecule has 3 aromatic rings. The number of amides is 1. The van der Waals surface area contributed by atoms with E-state index in [4.69, 9.17) is 27.9 Å². The van der Waals surface area contributed by atoms with Gasteiger partial charge in [-0.2, -0.15) is 0 Å². The van der Waals surface area contributed by atoms with Crippen LogP contribution in [0, 0.1) is 0 Å². The van der Waals surface area contributed by atoms with Gasteiger partial charge in [0.05, 0.1) is 16.6 Å². The Balaban J connectivity index is 1.54. The molecule has 0 radical (unpaired) electrons. The van der Waals surface area contributed by atoms with Gasteiger partial charge in [0, 0.05) is 24.0 Å². The summed E-state index contributed by atoms with van der Waals surface area (Å²) in [6, 6.07) is 17.1. The van der Waals surface area contributed by atoms with E-state index in [-0.39, 0.29) is 18.1 Å². The first-order valence-electron chi connectivity index (χ1n) is 8.13. The molecule has 0 unspecified atom stereocenters. The number of hydrogen-bond acceptors (Lipinski definition) is 3. The van der Waals surface area contributed by atoms with Crippen molar-refractivity contribution >= 4 is 34.8 Å². The second-order valence-corrected chi connectivity index (χ2v) is 6.59. The Morgan fingerprint density at radius 1 is 1.00 bits per heavy atom.